The number of anilines is 1. The summed E-state index contributed by atoms with van der Waals surface area (Å²) in [4.78, 5) is 23.4. The van der Waals surface area contributed by atoms with E-state index in [1.54, 1.807) is 31.2 Å². The Labute approximate surface area is 126 Å². The van der Waals surface area contributed by atoms with Crippen LogP contribution in [0.5, 0.6) is 0 Å². The first-order chi connectivity index (χ1) is 10.0. The van der Waals surface area contributed by atoms with Gasteiger partial charge in [0.25, 0.3) is 0 Å². The number of benzene rings is 1. The van der Waals surface area contributed by atoms with Crippen molar-refractivity contribution in [3.8, 4) is 0 Å². The number of rotatable bonds is 8. The summed E-state index contributed by atoms with van der Waals surface area (Å²) in [6.07, 6.45) is 1.23. The second-order valence-electron chi connectivity index (χ2n) is 5.06. The lowest BCUT2D eigenvalue weighted by Gasteiger charge is -2.09. The van der Waals surface area contributed by atoms with E-state index in [0.29, 0.717) is 30.3 Å². The SMILES string of the molecule is CCOC(=O)c1cccc(NC(=O)CCCNC(C)C)c1. The molecule has 0 atom stereocenters. The molecule has 5 heteroatoms. The van der Waals surface area contributed by atoms with Crippen LogP contribution in [0.1, 0.15) is 44.0 Å². The molecule has 5 nitrogen and oxygen atoms in total. The zero-order valence-electron chi connectivity index (χ0n) is 12.9. The molecule has 0 aromatic heterocycles. The minimum Gasteiger partial charge on any atom is -0.462 e. The van der Waals surface area contributed by atoms with Crippen molar-refractivity contribution < 1.29 is 14.3 Å². The van der Waals surface area contributed by atoms with E-state index >= 15 is 0 Å². The van der Waals surface area contributed by atoms with Crippen LogP contribution < -0.4 is 10.6 Å². The van der Waals surface area contributed by atoms with E-state index in [9.17, 15) is 9.59 Å². The van der Waals surface area contributed by atoms with E-state index in [1.165, 1.54) is 0 Å². The first-order valence-corrected chi connectivity index (χ1v) is 7.33. The molecule has 0 fully saturated rings. The Morgan fingerprint density at radius 2 is 2.05 bits per heavy atom. The number of ether oxygens (including phenoxy) is 1. The molecule has 0 aliphatic rings. The summed E-state index contributed by atoms with van der Waals surface area (Å²) in [5.41, 5.74) is 1.05. The highest BCUT2D eigenvalue weighted by Gasteiger charge is 2.08. The average molecular weight is 292 g/mol. The van der Waals surface area contributed by atoms with Crippen LogP contribution in [-0.4, -0.2) is 31.1 Å². The van der Waals surface area contributed by atoms with Gasteiger partial charge in [-0.3, -0.25) is 4.79 Å². The van der Waals surface area contributed by atoms with Crippen molar-refractivity contribution in [3.63, 3.8) is 0 Å². The summed E-state index contributed by atoms with van der Waals surface area (Å²) in [6.45, 7) is 7.04. The summed E-state index contributed by atoms with van der Waals surface area (Å²) in [5.74, 6) is -0.434. The number of amides is 1. The molecule has 0 saturated carbocycles. The molecular formula is C16H24N2O3. The lowest BCUT2D eigenvalue weighted by Crippen LogP contribution is -2.24. The van der Waals surface area contributed by atoms with Crippen molar-refractivity contribution in [2.24, 2.45) is 0 Å². The first kappa shape index (κ1) is 17.2. The summed E-state index contributed by atoms with van der Waals surface area (Å²) in [6, 6.07) is 7.20. The van der Waals surface area contributed by atoms with Crippen LogP contribution in [0.25, 0.3) is 0 Å². The smallest absolute Gasteiger partial charge is 0.338 e. The van der Waals surface area contributed by atoms with Crippen molar-refractivity contribution in [2.45, 2.75) is 39.7 Å². The van der Waals surface area contributed by atoms with Crippen LogP contribution in [-0.2, 0) is 9.53 Å². The Morgan fingerprint density at radius 3 is 2.71 bits per heavy atom. The van der Waals surface area contributed by atoms with Crippen LogP contribution >= 0.6 is 0 Å². The van der Waals surface area contributed by atoms with Gasteiger partial charge in [0.15, 0.2) is 0 Å². The Hall–Kier alpha value is -1.88. The van der Waals surface area contributed by atoms with Gasteiger partial charge in [-0.1, -0.05) is 19.9 Å². The van der Waals surface area contributed by atoms with Crippen molar-refractivity contribution >= 4 is 17.6 Å². The molecule has 116 valence electrons. The molecule has 0 heterocycles. The molecule has 21 heavy (non-hydrogen) atoms. The molecule has 0 saturated heterocycles. The third-order valence-electron chi connectivity index (χ3n) is 2.79. The van der Waals surface area contributed by atoms with Crippen LogP contribution in [0.2, 0.25) is 0 Å². The Kier molecular flexibility index (Phi) is 7.46. The fourth-order valence-corrected chi connectivity index (χ4v) is 1.80. The Balaban J connectivity index is 2.45. The molecule has 0 spiro atoms. The van der Waals surface area contributed by atoms with Crippen molar-refractivity contribution in [1.82, 2.24) is 5.32 Å². The van der Waals surface area contributed by atoms with Crippen molar-refractivity contribution in [1.29, 1.82) is 0 Å². The number of nitrogens with one attached hydrogen (secondary N) is 2. The van der Waals surface area contributed by atoms with E-state index in [0.717, 1.165) is 13.0 Å². The minimum absolute atomic E-state index is 0.0541. The minimum atomic E-state index is -0.380. The summed E-state index contributed by atoms with van der Waals surface area (Å²) in [5, 5.41) is 6.05. The predicted octanol–water partition coefficient (Wildman–Crippen LogP) is 2.58. The van der Waals surface area contributed by atoms with Crippen molar-refractivity contribution in [3.05, 3.63) is 29.8 Å². The zero-order chi connectivity index (χ0) is 15.7. The molecule has 2 N–H and O–H groups in total. The number of hydrogen-bond donors (Lipinski definition) is 2. The maximum absolute atomic E-state index is 11.8. The van der Waals surface area contributed by atoms with Crippen LogP contribution in [0.3, 0.4) is 0 Å². The Morgan fingerprint density at radius 1 is 1.29 bits per heavy atom. The molecular weight excluding hydrogens is 268 g/mol. The topological polar surface area (TPSA) is 67.4 Å². The number of carbonyl (C=O) groups excluding carboxylic acids is 2. The summed E-state index contributed by atoms with van der Waals surface area (Å²) >= 11 is 0. The molecule has 1 rings (SSSR count). The maximum atomic E-state index is 11.8. The van der Waals surface area contributed by atoms with Crippen LogP contribution in [0.4, 0.5) is 5.69 Å². The molecule has 0 unspecified atom stereocenters. The second kappa shape index (κ2) is 9.13. The molecule has 1 aromatic carbocycles. The number of hydrogen-bond acceptors (Lipinski definition) is 4. The molecule has 0 aliphatic carbocycles. The van der Waals surface area contributed by atoms with Gasteiger partial charge in [0.1, 0.15) is 0 Å². The lowest BCUT2D eigenvalue weighted by atomic mass is 10.2. The third-order valence-corrected chi connectivity index (χ3v) is 2.79. The highest BCUT2D eigenvalue weighted by molar-refractivity contribution is 5.94. The van der Waals surface area contributed by atoms with E-state index in [4.69, 9.17) is 4.74 Å². The normalized spacial score (nSPS) is 10.5. The van der Waals surface area contributed by atoms with E-state index in [-0.39, 0.29) is 11.9 Å². The standard InChI is InChI=1S/C16H24N2O3/c1-4-21-16(20)13-7-5-8-14(11-13)18-15(19)9-6-10-17-12(2)3/h5,7-8,11-12,17H,4,6,9-10H2,1-3H3,(H,18,19). The van der Waals surface area contributed by atoms with Gasteiger partial charge in [-0.25, -0.2) is 4.79 Å². The van der Waals surface area contributed by atoms with E-state index in [1.807, 2.05) is 0 Å². The highest BCUT2D eigenvalue weighted by Crippen LogP contribution is 2.12. The largest absolute Gasteiger partial charge is 0.462 e. The first-order valence-electron chi connectivity index (χ1n) is 7.33. The van der Waals surface area contributed by atoms with Gasteiger partial charge in [-0.15, -0.1) is 0 Å². The van der Waals surface area contributed by atoms with Gasteiger partial charge in [0.05, 0.1) is 12.2 Å². The molecule has 1 amide bonds. The quantitative estimate of drug-likeness (QED) is 0.571. The summed E-state index contributed by atoms with van der Waals surface area (Å²) < 4.78 is 4.93. The van der Waals surface area contributed by atoms with Gasteiger partial charge in [-0.05, 0) is 38.1 Å². The average Bonchev–Trinajstić information content (AvgIpc) is 2.44. The lowest BCUT2D eigenvalue weighted by molar-refractivity contribution is -0.116. The van der Waals surface area contributed by atoms with Gasteiger partial charge in [0.2, 0.25) is 5.91 Å². The van der Waals surface area contributed by atoms with Gasteiger partial charge in [0, 0.05) is 18.2 Å². The molecule has 1 aromatic rings. The van der Waals surface area contributed by atoms with Crippen LogP contribution in [0.15, 0.2) is 24.3 Å². The van der Waals surface area contributed by atoms with E-state index < -0.39 is 0 Å². The van der Waals surface area contributed by atoms with E-state index in [2.05, 4.69) is 24.5 Å². The van der Waals surface area contributed by atoms with Gasteiger partial charge in [-0.2, -0.15) is 0 Å². The fraction of sp³-hybridized carbons (Fsp3) is 0.500. The van der Waals surface area contributed by atoms with Crippen molar-refractivity contribution in [2.75, 3.05) is 18.5 Å². The molecule has 0 radical (unpaired) electrons. The number of carbonyl (C=O) groups is 2. The second-order valence-corrected chi connectivity index (χ2v) is 5.06. The molecule has 0 bridgehead atoms. The monoisotopic (exact) mass is 292 g/mol. The summed E-state index contributed by atoms with van der Waals surface area (Å²) in [7, 11) is 0. The fourth-order valence-electron chi connectivity index (χ4n) is 1.80. The Bertz CT molecular complexity index is 472. The van der Waals surface area contributed by atoms with Gasteiger partial charge < -0.3 is 15.4 Å². The number of esters is 1. The predicted molar refractivity (Wildman–Crippen MR) is 83.4 cm³/mol. The molecule has 0 aliphatic heterocycles. The van der Waals surface area contributed by atoms with Crippen LogP contribution in [0, 0.1) is 0 Å². The van der Waals surface area contributed by atoms with Gasteiger partial charge >= 0.3 is 5.97 Å². The highest BCUT2D eigenvalue weighted by atomic mass is 16.5. The third kappa shape index (κ3) is 6.90. The zero-order valence-corrected chi connectivity index (χ0v) is 12.9. The maximum Gasteiger partial charge on any atom is 0.338 e.